The summed E-state index contributed by atoms with van der Waals surface area (Å²) in [7, 11) is 1.99. The number of amides is 2. The molecule has 1 aliphatic heterocycles. The van der Waals surface area contributed by atoms with Gasteiger partial charge in [-0.25, -0.2) is 9.59 Å². The van der Waals surface area contributed by atoms with E-state index in [-0.39, 0.29) is 12.6 Å². The maximum absolute atomic E-state index is 12.5. The molecule has 1 fully saturated rings. The van der Waals surface area contributed by atoms with Gasteiger partial charge < -0.3 is 24.7 Å². The summed E-state index contributed by atoms with van der Waals surface area (Å²) in [6.07, 6.45) is 4.01. The van der Waals surface area contributed by atoms with Gasteiger partial charge in [0.05, 0.1) is 18.4 Å². The second kappa shape index (κ2) is 7.09. The van der Waals surface area contributed by atoms with Crippen LogP contribution in [0.2, 0.25) is 0 Å². The normalized spacial score (nSPS) is 20.8. The van der Waals surface area contributed by atoms with Crippen molar-refractivity contribution >= 4 is 12.0 Å². The van der Waals surface area contributed by atoms with Gasteiger partial charge in [-0.15, -0.1) is 0 Å². The van der Waals surface area contributed by atoms with Crippen molar-refractivity contribution in [2.24, 2.45) is 5.92 Å². The number of carbonyl (C=O) groups is 2. The number of nitrogens with one attached hydrogen (secondary N) is 2. The van der Waals surface area contributed by atoms with Crippen molar-refractivity contribution in [1.29, 1.82) is 0 Å². The Hall–Kier alpha value is -2.28. The van der Waals surface area contributed by atoms with Crippen molar-refractivity contribution < 1.29 is 18.7 Å². The van der Waals surface area contributed by atoms with Crippen LogP contribution in [0.15, 0.2) is 34.1 Å². The molecule has 1 atom stereocenters. The van der Waals surface area contributed by atoms with Gasteiger partial charge in [0.15, 0.2) is 0 Å². The van der Waals surface area contributed by atoms with Crippen molar-refractivity contribution in [3.8, 4) is 0 Å². The van der Waals surface area contributed by atoms with Gasteiger partial charge in [0.25, 0.3) is 0 Å². The molecule has 0 bridgehead atoms. The lowest BCUT2D eigenvalue weighted by Gasteiger charge is -2.30. The maximum atomic E-state index is 12.5. The Morgan fingerprint density at radius 3 is 2.88 bits per heavy atom. The number of likely N-dealkylation sites (N-methyl/N-ethyl adjacent to an activating group) is 1. The van der Waals surface area contributed by atoms with Crippen LogP contribution in [0.4, 0.5) is 4.79 Å². The first-order chi connectivity index (χ1) is 11.6. The zero-order valence-electron chi connectivity index (χ0n) is 14.0. The second-order valence-electron chi connectivity index (χ2n) is 6.30. The molecule has 1 aromatic rings. The molecule has 130 valence electrons. The number of esters is 1. The molecule has 1 aliphatic carbocycles. The highest BCUT2D eigenvalue weighted by atomic mass is 16.5. The third kappa shape index (κ3) is 3.79. The zero-order chi connectivity index (χ0) is 17.1. The standard InChI is InChI=1S/C17H23N3O4/c1-3-23-16(21)14-12(10-20(2)9-11-6-7-11)18-17(22)19-15(14)13-5-4-8-24-13/h4-5,8,11,15H,3,6-7,9-10H2,1-2H3,(H2,18,19,22)/t15-/m0/s1. The number of rotatable bonds is 7. The van der Waals surface area contributed by atoms with E-state index in [4.69, 9.17) is 9.15 Å². The lowest BCUT2D eigenvalue weighted by molar-refractivity contribution is -0.139. The van der Waals surface area contributed by atoms with Gasteiger partial charge in [-0.1, -0.05) is 0 Å². The van der Waals surface area contributed by atoms with E-state index in [9.17, 15) is 9.59 Å². The van der Waals surface area contributed by atoms with Crippen LogP contribution >= 0.6 is 0 Å². The first-order valence-electron chi connectivity index (χ1n) is 8.28. The lowest BCUT2D eigenvalue weighted by atomic mass is 10.00. The predicted octanol–water partition coefficient (Wildman–Crippen LogP) is 1.79. The highest BCUT2D eigenvalue weighted by molar-refractivity contribution is 5.95. The Balaban J connectivity index is 1.90. The molecule has 2 heterocycles. The number of nitrogens with zero attached hydrogens (tertiary/aromatic N) is 1. The van der Waals surface area contributed by atoms with Crippen LogP contribution in [0.1, 0.15) is 31.6 Å². The van der Waals surface area contributed by atoms with Crippen LogP contribution in [0.3, 0.4) is 0 Å². The van der Waals surface area contributed by atoms with Crippen molar-refractivity contribution in [3.05, 3.63) is 35.4 Å². The summed E-state index contributed by atoms with van der Waals surface area (Å²) in [5.74, 6) is 0.788. The van der Waals surface area contributed by atoms with E-state index in [0.29, 0.717) is 23.6 Å². The highest BCUT2D eigenvalue weighted by Crippen LogP contribution is 2.31. The Morgan fingerprint density at radius 2 is 2.25 bits per heavy atom. The smallest absolute Gasteiger partial charge is 0.338 e. The fourth-order valence-electron chi connectivity index (χ4n) is 2.94. The minimum atomic E-state index is -0.642. The summed E-state index contributed by atoms with van der Waals surface area (Å²) in [6, 6.07) is 2.48. The summed E-state index contributed by atoms with van der Waals surface area (Å²) >= 11 is 0. The summed E-state index contributed by atoms with van der Waals surface area (Å²) in [5.41, 5.74) is 0.968. The lowest BCUT2D eigenvalue weighted by Crippen LogP contribution is -2.48. The molecule has 0 spiro atoms. The van der Waals surface area contributed by atoms with Crippen LogP contribution in [0.25, 0.3) is 0 Å². The van der Waals surface area contributed by atoms with Crippen molar-refractivity contribution in [2.45, 2.75) is 25.8 Å². The molecular weight excluding hydrogens is 310 g/mol. The van der Waals surface area contributed by atoms with E-state index in [0.717, 1.165) is 12.5 Å². The molecule has 0 aromatic carbocycles. The minimum absolute atomic E-state index is 0.270. The fraction of sp³-hybridized carbons (Fsp3) is 0.529. The summed E-state index contributed by atoms with van der Waals surface area (Å²) in [6.45, 7) is 3.46. The molecular formula is C17H23N3O4. The average molecular weight is 333 g/mol. The molecule has 0 saturated heterocycles. The van der Waals surface area contributed by atoms with Crippen LogP contribution < -0.4 is 10.6 Å². The first kappa shape index (κ1) is 16.6. The van der Waals surface area contributed by atoms with Gasteiger partial charge in [0.1, 0.15) is 11.8 Å². The number of hydrogen-bond acceptors (Lipinski definition) is 5. The van der Waals surface area contributed by atoms with E-state index >= 15 is 0 Å². The van der Waals surface area contributed by atoms with Gasteiger partial charge in [-0.2, -0.15) is 0 Å². The van der Waals surface area contributed by atoms with Crippen LogP contribution in [-0.2, 0) is 9.53 Å². The number of urea groups is 1. The molecule has 24 heavy (non-hydrogen) atoms. The van der Waals surface area contributed by atoms with Crippen molar-refractivity contribution in [1.82, 2.24) is 15.5 Å². The molecule has 7 heteroatoms. The number of furan rings is 1. The number of carbonyl (C=O) groups excluding carboxylic acids is 2. The van der Waals surface area contributed by atoms with Crippen LogP contribution in [-0.4, -0.2) is 43.6 Å². The number of hydrogen-bond donors (Lipinski definition) is 2. The minimum Gasteiger partial charge on any atom is -0.467 e. The van der Waals surface area contributed by atoms with E-state index < -0.39 is 12.0 Å². The van der Waals surface area contributed by atoms with Crippen molar-refractivity contribution in [3.63, 3.8) is 0 Å². The maximum Gasteiger partial charge on any atom is 0.338 e. The van der Waals surface area contributed by atoms with Gasteiger partial charge in [0, 0.05) is 18.8 Å². The molecule has 7 nitrogen and oxygen atoms in total. The van der Waals surface area contributed by atoms with E-state index in [2.05, 4.69) is 15.5 Å². The van der Waals surface area contributed by atoms with E-state index in [1.807, 2.05) is 7.05 Å². The van der Waals surface area contributed by atoms with Gasteiger partial charge in [0.2, 0.25) is 0 Å². The molecule has 2 N–H and O–H groups in total. The van der Waals surface area contributed by atoms with Crippen LogP contribution in [0.5, 0.6) is 0 Å². The topological polar surface area (TPSA) is 83.8 Å². The second-order valence-corrected chi connectivity index (χ2v) is 6.30. The van der Waals surface area contributed by atoms with Gasteiger partial charge in [-0.3, -0.25) is 0 Å². The summed E-state index contributed by atoms with van der Waals surface area (Å²) in [4.78, 5) is 26.7. The Labute approximate surface area is 141 Å². The molecule has 1 aromatic heterocycles. The summed E-state index contributed by atoms with van der Waals surface area (Å²) < 4.78 is 10.6. The third-order valence-corrected chi connectivity index (χ3v) is 4.17. The van der Waals surface area contributed by atoms with Gasteiger partial charge in [-0.05, 0) is 44.9 Å². The molecule has 3 rings (SSSR count). The molecule has 1 saturated carbocycles. The summed E-state index contributed by atoms with van der Waals surface area (Å²) in [5, 5.41) is 5.51. The fourth-order valence-corrected chi connectivity index (χ4v) is 2.94. The Kier molecular flexibility index (Phi) is 4.89. The quantitative estimate of drug-likeness (QED) is 0.743. The molecule has 0 radical (unpaired) electrons. The molecule has 2 amide bonds. The largest absolute Gasteiger partial charge is 0.467 e. The third-order valence-electron chi connectivity index (χ3n) is 4.17. The van der Waals surface area contributed by atoms with Crippen LogP contribution in [0, 0.1) is 5.92 Å². The van der Waals surface area contributed by atoms with Crippen molar-refractivity contribution in [2.75, 3.05) is 26.7 Å². The predicted molar refractivity (Wildman–Crippen MR) is 87.0 cm³/mol. The van der Waals surface area contributed by atoms with E-state index in [1.165, 1.54) is 19.1 Å². The monoisotopic (exact) mass is 333 g/mol. The molecule has 2 aliphatic rings. The first-order valence-corrected chi connectivity index (χ1v) is 8.28. The average Bonchev–Trinajstić information content (AvgIpc) is 3.15. The van der Waals surface area contributed by atoms with Gasteiger partial charge >= 0.3 is 12.0 Å². The zero-order valence-corrected chi connectivity index (χ0v) is 14.0. The highest BCUT2D eigenvalue weighted by Gasteiger charge is 2.36. The molecule has 0 unspecified atom stereocenters. The Bertz CT molecular complexity index is 634. The Morgan fingerprint density at radius 1 is 1.46 bits per heavy atom. The SMILES string of the molecule is CCOC(=O)C1=C(CN(C)CC2CC2)NC(=O)N[C@H]1c1ccco1. The number of ether oxygens (including phenoxy) is 1. The van der Waals surface area contributed by atoms with E-state index in [1.54, 1.807) is 19.1 Å².